The molecule has 0 heterocycles. The minimum atomic E-state index is 0.162. The fourth-order valence-corrected chi connectivity index (χ4v) is 2.07. The Morgan fingerprint density at radius 2 is 2.00 bits per heavy atom. The van der Waals surface area contributed by atoms with Gasteiger partial charge in [0.2, 0.25) is 5.91 Å². The Morgan fingerprint density at radius 1 is 1.25 bits per heavy atom. The van der Waals surface area contributed by atoms with E-state index in [0.717, 1.165) is 24.9 Å². The average molecular weight is 215 g/mol. The Bertz CT molecular complexity index is 383. The number of anilines is 1. The van der Waals surface area contributed by atoms with Crippen LogP contribution in [0.4, 0.5) is 5.69 Å². The van der Waals surface area contributed by atoms with Gasteiger partial charge in [-0.15, -0.1) is 0 Å². The molecule has 1 aliphatic rings. The lowest BCUT2D eigenvalue weighted by atomic mass is 9.93. The molecule has 0 aromatic heterocycles. The molecule has 2 rings (SSSR count). The standard InChI is InChI=1S/C14H17NO/c1-15(13-10-6-3-7-11-13)14(16)12-8-4-2-5-9-12/h2-4,6-7,10-12H,5,8-9H2,1H3. The number of allylic oxidation sites excluding steroid dienone is 2. The number of amides is 1. The Balaban J connectivity index is 2.07. The molecule has 0 radical (unpaired) electrons. The molecule has 1 aromatic rings. The molecule has 1 aliphatic carbocycles. The fourth-order valence-electron chi connectivity index (χ4n) is 2.07. The molecular formula is C14H17NO. The quantitative estimate of drug-likeness (QED) is 0.694. The highest BCUT2D eigenvalue weighted by Crippen LogP contribution is 2.22. The summed E-state index contributed by atoms with van der Waals surface area (Å²) in [4.78, 5) is 14.0. The highest BCUT2D eigenvalue weighted by atomic mass is 16.2. The summed E-state index contributed by atoms with van der Waals surface area (Å²) in [6.07, 6.45) is 7.17. The molecule has 0 fully saturated rings. The van der Waals surface area contributed by atoms with Crippen LogP contribution in [-0.2, 0) is 4.79 Å². The van der Waals surface area contributed by atoms with E-state index < -0.39 is 0 Å². The topological polar surface area (TPSA) is 20.3 Å². The van der Waals surface area contributed by atoms with Gasteiger partial charge < -0.3 is 4.90 Å². The second kappa shape index (κ2) is 4.97. The van der Waals surface area contributed by atoms with E-state index in [1.54, 1.807) is 4.90 Å². The first kappa shape index (κ1) is 10.9. The number of benzene rings is 1. The van der Waals surface area contributed by atoms with Gasteiger partial charge in [-0.25, -0.2) is 0 Å². The summed E-state index contributed by atoms with van der Waals surface area (Å²) in [6.45, 7) is 0. The third-order valence-corrected chi connectivity index (χ3v) is 3.09. The molecule has 16 heavy (non-hydrogen) atoms. The number of carbonyl (C=O) groups excluding carboxylic acids is 1. The van der Waals surface area contributed by atoms with Crippen LogP contribution in [0.25, 0.3) is 0 Å². The van der Waals surface area contributed by atoms with Gasteiger partial charge in [0, 0.05) is 18.7 Å². The first-order valence-corrected chi connectivity index (χ1v) is 5.76. The van der Waals surface area contributed by atoms with Gasteiger partial charge in [0.25, 0.3) is 0 Å². The van der Waals surface area contributed by atoms with Crippen molar-refractivity contribution in [3.63, 3.8) is 0 Å². The summed E-state index contributed by atoms with van der Waals surface area (Å²) in [5, 5.41) is 0. The number of hydrogen-bond acceptors (Lipinski definition) is 1. The molecule has 0 aliphatic heterocycles. The maximum atomic E-state index is 12.2. The van der Waals surface area contributed by atoms with Gasteiger partial charge in [0.15, 0.2) is 0 Å². The van der Waals surface area contributed by atoms with Crippen molar-refractivity contribution in [1.29, 1.82) is 0 Å². The van der Waals surface area contributed by atoms with E-state index in [4.69, 9.17) is 0 Å². The lowest BCUT2D eigenvalue weighted by molar-refractivity contribution is -0.122. The van der Waals surface area contributed by atoms with Gasteiger partial charge in [0.1, 0.15) is 0 Å². The van der Waals surface area contributed by atoms with Crippen LogP contribution in [0.15, 0.2) is 42.5 Å². The van der Waals surface area contributed by atoms with Gasteiger partial charge >= 0.3 is 0 Å². The zero-order valence-corrected chi connectivity index (χ0v) is 9.60. The molecule has 2 nitrogen and oxygen atoms in total. The van der Waals surface area contributed by atoms with Crippen molar-refractivity contribution >= 4 is 11.6 Å². The van der Waals surface area contributed by atoms with Crippen LogP contribution in [0.5, 0.6) is 0 Å². The maximum Gasteiger partial charge on any atom is 0.230 e. The highest BCUT2D eigenvalue weighted by molar-refractivity contribution is 5.94. The molecule has 1 aromatic carbocycles. The van der Waals surface area contributed by atoms with Crippen LogP contribution in [-0.4, -0.2) is 13.0 Å². The van der Waals surface area contributed by atoms with Crippen LogP contribution in [0.3, 0.4) is 0 Å². The SMILES string of the molecule is CN(C(=O)C1CC=CCC1)c1ccccc1. The minimum absolute atomic E-state index is 0.162. The number of rotatable bonds is 2. The molecular weight excluding hydrogens is 198 g/mol. The molecule has 0 spiro atoms. The summed E-state index contributed by atoms with van der Waals surface area (Å²) >= 11 is 0. The summed E-state index contributed by atoms with van der Waals surface area (Å²) in [6, 6.07) is 9.82. The maximum absolute atomic E-state index is 12.2. The molecule has 84 valence electrons. The van der Waals surface area contributed by atoms with Crippen molar-refractivity contribution in [1.82, 2.24) is 0 Å². The van der Waals surface area contributed by atoms with E-state index in [1.165, 1.54) is 0 Å². The second-order valence-electron chi connectivity index (χ2n) is 4.21. The van der Waals surface area contributed by atoms with Crippen LogP contribution in [0, 0.1) is 5.92 Å². The number of para-hydroxylation sites is 1. The summed E-state index contributed by atoms with van der Waals surface area (Å²) < 4.78 is 0. The van der Waals surface area contributed by atoms with E-state index in [0.29, 0.717) is 0 Å². The predicted molar refractivity (Wildman–Crippen MR) is 66.3 cm³/mol. The summed E-state index contributed by atoms with van der Waals surface area (Å²) in [5.41, 5.74) is 0.974. The van der Waals surface area contributed by atoms with Gasteiger partial charge in [0.05, 0.1) is 0 Å². The molecule has 1 atom stereocenters. The number of carbonyl (C=O) groups is 1. The average Bonchev–Trinajstić information content (AvgIpc) is 2.39. The highest BCUT2D eigenvalue weighted by Gasteiger charge is 2.22. The Kier molecular flexibility index (Phi) is 3.40. The fraction of sp³-hybridized carbons (Fsp3) is 0.357. The number of nitrogens with zero attached hydrogens (tertiary/aromatic N) is 1. The molecule has 0 bridgehead atoms. The van der Waals surface area contributed by atoms with Crippen LogP contribution >= 0.6 is 0 Å². The Morgan fingerprint density at radius 3 is 2.62 bits per heavy atom. The largest absolute Gasteiger partial charge is 0.315 e. The third-order valence-electron chi connectivity index (χ3n) is 3.09. The van der Waals surface area contributed by atoms with Gasteiger partial charge in [-0.05, 0) is 31.4 Å². The van der Waals surface area contributed by atoms with Crippen LogP contribution in [0.2, 0.25) is 0 Å². The number of hydrogen-bond donors (Lipinski definition) is 0. The van der Waals surface area contributed by atoms with Gasteiger partial charge in [-0.1, -0.05) is 30.4 Å². The van der Waals surface area contributed by atoms with E-state index in [9.17, 15) is 4.79 Å². The van der Waals surface area contributed by atoms with Gasteiger partial charge in [-0.2, -0.15) is 0 Å². The van der Waals surface area contributed by atoms with E-state index in [1.807, 2.05) is 37.4 Å². The lowest BCUT2D eigenvalue weighted by Gasteiger charge is -2.24. The molecule has 1 unspecified atom stereocenters. The van der Waals surface area contributed by atoms with Crippen LogP contribution < -0.4 is 4.90 Å². The first-order valence-electron chi connectivity index (χ1n) is 5.76. The van der Waals surface area contributed by atoms with Crippen molar-refractivity contribution in [2.75, 3.05) is 11.9 Å². The third kappa shape index (κ3) is 2.32. The van der Waals surface area contributed by atoms with Crippen molar-refractivity contribution in [3.05, 3.63) is 42.5 Å². The second-order valence-corrected chi connectivity index (χ2v) is 4.21. The van der Waals surface area contributed by atoms with Crippen molar-refractivity contribution in [2.45, 2.75) is 19.3 Å². The molecule has 0 saturated carbocycles. The summed E-state index contributed by atoms with van der Waals surface area (Å²) in [5.74, 6) is 0.394. The van der Waals surface area contributed by atoms with Crippen molar-refractivity contribution in [2.24, 2.45) is 5.92 Å². The zero-order valence-electron chi connectivity index (χ0n) is 9.60. The minimum Gasteiger partial charge on any atom is -0.315 e. The Labute approximate surface area is 96.6 Å². The van der Waals surface area contributed by atoms with Crippen LogP contribution in [0.1, 0.15) is 19.3 Å². The molecule has 0 saturated heterocycles. The Hall–Kier alpha value is -1.57. The molecule has 1 amide bonds. The predicted octanol–water partition coefficient (Wildman–Crippen LogP) is 3.01. The lowest BCUT2D eigenvalue weighted by Crippen LogP contribution is -2.33. The first-order chi connectivity index (χ1) is 7.79. The van der Waals surface area contributed by atoms with E-state index in [-0.39, 0.29) is 11.8 Å². The smallest absolute Gasteiger partial charge is 0.230 e. The zero-order chi connectivity index (χ0) is 11.4. The molecule has 0 N–H and O–H groups in total. The van der Waals surface area contributed by atoms with E-state index >= 15 is 0 Å². The summed E-state index contributed by atoms with van der Waals surface area (Å²) in [7, 11) is 1.86. The van der Waals surface area contributed by atoms with E-state index in [2.05, 4.69) is 12.2 Å². The monoisotopic (exact) mass is 215 g/mol. The molecule has 2 heteroatoms. The van der Waals surface area contributed by atoms with Crippen molar-refractivity contribution < 1.29 is 4.79 Å². The normalized spacial score (nSPS) is 19.4. The van der Waals surface area contributed by atoms with Crippen molar-refractivity contribution in [3.8, 4) is 0 Å². The van der Waals surface area contributed by atoms with Gasteiger partial charge in [-0.3, -0.25) is 4.79 Å².